The van der Waals surface area contributed by atoms with Crippen molar-refractivity contribution < 1.29 is 28.7 Å². The summed E-state index contributed by atoms with van der Waals surface area (Å²) < 4.78 is 6.49. The zero-order chi connectivity index (χ0) is 37.1. The van der Waals surface area contributed by atoms with Crippen LogP contribution in [0.2, 0.25) is 0 Å². The Morgan fingerprint density at radius 1 is 1.02 bits per heavy atom. The van der Waals surface area contributed by atoms with Gasteiger partial charge in [0.05, 0.1) is 18.0 Å². The van der Waals surface area contributed by atoms with Gasteiger partial charge in [-0.15, -0.1) is 11.3 Å². The minimum absolute atomic E-state index is 0.00478. The lowest BCUT2D eigenvalue weighted by Crippen LogP contribution is -2.61. The fourth-order valence-corrected chi connectivity index (χ4v) is 6.61. The third-order valence-electron chi connectivity index (χ3n) is 8.53. The molecular weight excluding hydrogens is 673 g/mol. The van der Waals surface area contributed by atoms with E-state index in [1.807, 2.05) is 66.0 Å². The number of nitrogens with zero attached hydrogens (tertiary/aromatic N) is 4. The van der Waals surface area contributed by atoms with E-state index in [9.17, 15) is 24.0 Å². The number of nitrogens with one attached hydrogen (secondary N) is 4. The van der Waals surface area contributed by atoms with Gasteiger partial charge in [-0.2, -0.15) is 4.98 Å². The predicted octanol–water partition coefficient (Wildman–Crippen LogP) is 3.75. The summed E-state index contributed by atoms with van der Waals surface area (Å²) in [7, 11) is 0. The number of likely N-dealkylation sites (tertiary alicyclic amines) is 1. The molecule has 1 aliphatic heterocycles. The van der Waals surface area contributed by atoms with Crippen LogP contribution in [0.3, 0.4) is 0 Å². The van der Waals surface area contributed by atoms with Crippen LogP contribution < -0.4 is 26.0 Å². The molecule has 51 heavy (non-hydrogen) atoms. The highest BCUT2D eigenvalue weighted by molar-refractivity contribution is 7.16. The largest absolute Gasteiger partial charge is 0.472 e. The monoisotopic (exact) mass is 720 g/mol. The van der Waals surface area contributed by atoms with Crippen LogP contribution in [0.1, 0.15) is 80.6 Å². The summed E-state index contributed by atoms with van der Waals surface area (Å²) in [5, 5.41) is 13.7. The van der Waals surface area contributed by atoms with Gasteiger partial charge in [0.2, 0.25) is 23.5 Å². The maximum Gasteiger partial charge on any atom is 0.315 e. The van der Waals surface area contributed by atoms with Crippen LogP contribution in [0.5, 0.6) is 5.88 Å². The van der Waals surface area contributed by atoms with Crippen LogP contribution in [0.15, 0.2) is 35.8 Å². The Morgan fingerprint density at radius 3 is 2.39 bits per heavy atom. The number of pyridine rings is 1. The summed E-state index contributed by atoms with van der Waals surface area (Å²) in [6.07, 6.45) is 3.43. The number of amides is 5. The lowest BCUT2D eigenvalue weighted by atomic mass is 9.85. The Hall–Kier alpha value is -4.66. The Morgan fingerprint density at radius 2 is 1.76 bits per heavy atom. The van der Waals surface area contributed by atoms with Crippen molar-refractivity contribution in [3.8, 4) is 17.4 Å². The molecule has 4 atom stereocenters. The number of carbonyl (C=O) groups excluding carboxylic acids is 5. The molecule has 0 bridgehead atoms. The van der Waals surface area contributed by atoms with E-state index in [4.69, 9.17) is 9.72 Å². The molecule has 3 aromatic rings. The minimum Gasteiger partial charge on any atom is -0.472 e. The van der Waals surface area contributed by atoms with Gasteiger partial charge in [0.25, 0.3) is 5.91 Å². The lowest BCUT2D eigenvalue weighted by Gasteiger charge is -2.36. The molecule has 5 amide bonds. The molecule has 4 heterocycles. The van der Waals surface area contributed by atoms with Gasteiger partial charge in [-0.25, -0.2) is 9.78 Å². The average Bonchev–Trinajstić information content (AvgIpc) is 3.56. The maximum atomic E-state index is 14.5. The summed E-state index contributed by atoms with van der Waals surface area (Å²) in [5.74, 6) is -1.88. The highest BCUT2D eigenvalue weighted by Gasteiger charge is 2.47. The highest BCUT2D eigenvalue weighted by atomic mass is 32.1. The Balaban J connectivity index is 1.45. The third-order valence-corrected chi connectivity index (χ3v) is 9.34. The van der Waals surface area contributed by atoms with Gasteiger partial charge >= 0.3 is 6.03 Å². The zero-order valence-corrected chi connectivity index (χ0v) is 31.1. The number of ketones is 1. The lowest BCUT2D eigenvalue weighted by molar-refractivity contribution is -0.144. The molecular formula is C36H48N8O6S. The number of Topliss-reactive ketones (excluding diaryl/α,β-unsaturated/α-hetero) is 1. The number of ether oxygens (including phenoxy) is 1. The molecule has 14 nitrogen and oxygen atoms in total. The summed E-state index contributed by atoms with van der Waals surface area (Å²) in [4.78, 5) is 83.4. The number of hydrogen-bond acceptors (Lipinski definition) is 10. The molecule has 3 aromatic heterocycles. The second kappa shape index (κ2) is 15.3. The van der Waals surface area contributed by atoms with E-state index in [1.165, 1.54) is 16.2 Å². The molecule has 2 aliphatic rings. The number of hydrogen-bond donors (Lipinski definition) is 4. The third kappa shape index (κ3) is 9.57. The zero-order valence-electron chi connectivity index (χ0n) is 30.2. The fraction of sp³-hybridized carbons (Fsp3) is 0.556. The maximum absolute atomic E-state index is 14.5. The van der Waals surface area contributed by atoms with Crippen LogP contribution in [0.25, 0.3) is 21.7 Å². The molecule has 0 spiro atoms. The van der Waals surface area contributed by atoms with Crippen LogP contribution >= 0.6 is 11.3 Å². The second-order valence-electron chi connectivity index (χ2n) is 15.3. The molecule has 15 heteroatoms. The molecule has 1 saturated carbocycles. The number of carbonyl (C=O) groups is 5. The van der Waals surface area contributed by atoms with E-state index in [0.717, 1.165) is 12.8 Å². The van der Waals surface area contributed by atoms with Gasteiger partial charge in [-0.3, -0.25) is 24.2 Å². The molecule has 2 fully saturated rings. The van der Waals surface area contributed by atoms with Crippen LogP contribution in [-0.4, -0.2) is 91.7 Å². The number of urea groups is 1. The van der Waals surface area contributed by atoms with Crippen LogP contribution in [-0.2, 0) is 19.2 Å². The quantitative estimate of drug-likeness (QED) is 0.203. The first kappa shape index (κ1) is 37.6. The van der Waals surface area contributed by atoms with Gasteiger partial charge in [0.15, 0.2) is 5.82 Å². The van der Waals surface area contributed by atoms with Gasteiger partial charge in [0.1, 0.15) is 28.7 Å². The topological polar surface area (TPSA) is 185 Å². The second-order valence-corrected chi connectivity index (χ2v) is 16.2. The molecule has 0 radical (unpaired) electrons. The van der Waals surface area contributed by atoms with Gasteiger partial charge in [0, 0.05) is 24.2 Å². The summed E-state index contributed by atoms with van der Waals surface area (Å²) in [5.41, 5.74) is -0.750. The van der Waals surface area contributed by atoms with Crippen molar-refractivity contribution in [3.05, 3.63) is 35.8 Å². The van der Waals surface area contributed by atoms with Crippen molar-refractivity contribution >= 4 is 51.1 Å². The molecule has 4 N–H and O–H groups in total. The molecule has 1 unspecified atom stereocenters. The number of rotatable bonds is 12. The first-order valence-electron chi connectivity index (χ1n) is 17.4. The smallest absolute Gasteiger partial charge is 0.315 e. The van der Waals surface area contributed by atoms with E-state index in [0.29, 0.717) is 28.2 Å². The van der Waals surface area contributed by atoms with E-state index < -0.39 is 64.7 Å². The van der Waals surface area contributed by atoms with Crippen molar-refractivity contribution in [1.82, 2.24) is 41.1 Å². The Bertz CT molecular complexity index is 1760. The van der Waals surface area contributed by atoms with E-state index in [-0.39, 0.29) is 31.3 Å². The van der Waals surface area contributed by atoms with Gasteiger partial charge in [-0.1, -0.05) is 40.2 Å². The number of thiophene rings is 1. The molecule has 0 aromatic carbocycles. The first-order valence-corrected chi connectivity index (χ1v) is 18.3. The van der Waals surface area contributed by atoms with E-state index in [2.05, 4.69) is 31.2 Å². The van der Waals surface area contributed by atoms with E-state index >= 15 is 0 Å². The molecule has 5 rings (SSSR count). The number of aromatic nitrogens is 3. The standard InChI is InChI=1S/C36H48N8O6S/c1-8-11-23(26(45)30(47)38-20-13-14-20)39-29(46)25-18-21(19-44(25)33(48)27(35(2,3)4)40-34(49)43-36(5,6)7)50-31-22-15-17-51-32(22)42-28(41-31)24-12-9-10-16-37-24/h9-10,12,15-17,20-21,23,25,27H,8,11,13-14,18-19H2,1-7H3,(H,38,47)(H,39,46)(H2,40,43,49)/t21?,23-,25-,27+/m0/s1. The number of fused-ring (bicyclic) bond motifs is 1. The van der Waals surface area contributed by atoms with Gasteiger partial charge in [-0.05, 0) is 69.0 Å². The van der Waals surface area contributed by atoms with Gasteiger partial charge < -0.3 is 30.9 Å². The van der Waals surface area contributed by atoms with Crippen LogP contribution in [0.4, 0.5) is 4.79 Å². The molecule has 274 valence electrons. The van der Waals surface area contributed by atoms with Crippen molar-refractivity contribution in [1.29, 1.82) is 0 Å². The normalized spacial score (nSPS) is 18.8. The van der Waals surface area contributed by atoms with Crippen LogP contribution in [0, 0.1) is 5.41 Å². The Labute approximate surface area is 301 Å². The highest BCUT2D eigenvalue weighted by Crippen LogP contribution is 2.33. The Kier molecular flexibility index (Phi) is 11.3. The van der Waals surface area contributed by atoms with Crippen molar-refractivity contribution in [2.24, 2.45) is 5.41 Å². The SMILES string of the molecule is CCC[C@H](NC(=O)[C@@H]1CC(Oc2nc(-c3ccccn3)nc3sccc23)CN1C(=O)[C@@H](NC(=O)NC(C)(C)C)C(C)(C)C)C(=O)C(=O)NC1CC1. The van der Waals surface area contributed by atoms with Crippen molar-refractivity contribution in [2.45, 2.75) is 116 Å². The fourth-order valence-electron chi connectivity index (χ4n) is 5.85. The summed E-state index contributed by atoms with van der Waals surface area (Å²) in [6.45, 7) is 12.8. The molecule has 1 saturated heterocycles. The van der Waals surface area contributed by atoms with E-state index in [1.54, 1.807) is 18.3 Å². The molecule has 1 aliphatic carbocycles. The average molecular weight is 721 g/mol. The van der Waals surface area contributed by atoms with Crippen molar-refractivity contribution in [3.63, 3.8) is 0 Å². The summed E-state index contributed by atoms with van der Waals surface area (Å²) >= 11 is 1.42. The summed E-state index contributed by atoms with van der Waals surface area (Å²) in [6, 6.07) is 3.56. The first-order chi connectivity index (χ1) is 24.0. The minimum atomic E-state index is -1.08. The predicted molar refractivity (Wildman–Crippen MR) is 193 cm³/mol. The van der Waals surface area contributed by atoms with Crippen molar-refractivity contribution in [2.75, 3.05) is 6.54 Å².